The molecule has 0 N–H and O–H groups in total. The molecule has 0 saturated heterocycles. The number of fused-ring (bicyclic) bond motifs is 1. The number of hydrogen-bond donors (Lipinski definition) is 0. The van der Waals surface area contributed by atoms with Crippen molar-refractivity contribution >= 4 is 11.6 Å². The molecule has 0 aliphatic rings. The molecule has 0 aliphatic heterocycles. The van der Waals surface area contributed by atoms with Crippen LogP contribution in [-0.4, -0.2) is 30.4 Å². The molecule has 5 rings (SSSR count). The van der Waals surface area contributed by atoms with E-state index in [0.717, 1.165) is 28.8 Å². The molecule has 6 heteroatoms. The van der Waals surface area contributed by atoms with Gasteiger partial charge >= 0.3 is 0 Å². The van der Waals surface area contributed by atoms with Crippen molar-refractivity contribution < 1.29 is 4.79 Å². The minimum Gasteiger partial charge on any atom is -0.330 e. The van der Waals surface area contributed by atoms with Gasteiger partial charge in [0.1, 0.15) is 5.56 Å². The molecule has 3 heterocycles. The molecular formula is C28H25N5O. The van der Waals surface area contributed by atoms with Crippen molar-refractivity contribution in [2.75, 3.05) is 0 Å². The van der Waals surface area contributed by atoms with Gasteiger partial charge in [-0.3, -0.25) is 9.78 Å². The van der Waals surface area contributed by atoms with E-state index in [0.29, 0.717) is 24.3 Å². The Balaban J connectivity index is 1.51. The Morgan fingerprint density at radius 3 is 2.32 bits per heavy atom. The average molecular weight is 448 g/mol. The van der Waals surface area contributed by atoms with Crippen LogP contribution in [0.5, 0.6) is 0 Å². The zero-order chi connectivity index (χ0) is 23.3. The lowest BCUT2D eigenvalue weighted by molar-refractivity contribution is 0.0731. The van der Waals surface area contributed by atoms with Gasteiger partial charge in [0, 0.05) is 37.2 Å². The van der Waals surface area contributed by atoms with Crippen molar-refractivity contribution in [3.05, 3.63) is 120 Å². The molecular weight excluding hydrogens is 422 g/mol. The maximum absolute atomic E-state index is 13.8. The highest BCUT2D eigenvalue weighted by molar-refractivity contribution is 5.99. The summed E-state index contributed by atoms with van der Waals surface area (Å²) in [7, 11) is 0. The summed E-state index contributed by atoms with van der Waals surface area (Å²) in [4.78, 5) is 24.4. The molecule has 3 aromatic heterocycles. The van der Waals surface area contributed by atoms with Crippen LogP contribution in [0.25, 0.3) is 16.9 Å². The van der Waals surface area contributed by atoms with Gasteiger partial charge in [-0.25, -0.2) is 9.50 Å². The van der Waals surface area contributed by atoms with E-state index in [1.54, 1.807) is 29.3 Å². The van der Waals surface area contributed by atoms with E-state index in [-0.39, 0.29) is 5.91 Å². The first-order valence-electron chi connectivity index (χ1n) is 11.4. The van der Waals surface area contributed by atoms with E-state index in [9.17, 15) is 4.79 Å². The molecule has 0 atom stereocenters. The smallest absolute Gasteiger partial charge is 0.259 e. The number of pyridine rings is 1. The Hall–Kier alpha value is -4.32. The number of carbonyl (C=O) groups excluding carboxylic acids is 1. The van der Waals surface area contributed by atoms with Gasteiger partial charge < -0.3 is 4.90 Å². The van der Waals surface area contributed by atoms with E-state index in [1.807, 2.05) is 53.4 Å². The van der Waals surface area contributed by atoms with Crippen molar-refractivity contribution in [1.82, 2.24) is 24.5 Å². The van der Waals surface area contributed by atoms with Crippen LogP contribution < -0.4 is 0 Å². The number of carbonyl (C=O) groups is 1. The lowest BCUT2D eigenvalue weighted by Gasteiger charge is -2.22. The van der Waals surface area contributed by atoms with Crippen LogP contribution in [-0.2, 0) is 19.5 Å². The number of aryl methyl sites for hydroxylation is 1. The molecule has 168 valence electrons. The summed E-state index contributed by atoms with van der Waals surface area (Å²) in [6.07, 6.45) is 7.86. The fraction of sp³-hybridized carbons (Fsp3) is 0.143. The van der Waals surface area contributed by atoms with Gasteiger partial charge in [0.2, 0.25) is 0 Å². The fourth-order valence-electron chi connectivity index (χ4n) is 4.05. The standard InChI is InChI=1S/C28H25N5O/c1-2-21-10-12-22(13-11-21)19-32(20-23-7-6-15-29-17-23)28(34)25-18-31-33-26(14-16-30-27(25)33)24-8-4-3-5-9-24/h3-18H,2,19-20H2,1H3. The molecule has 5 aromatic rings. The minimum atomic E-state index is -0.115. The van der Waals surface area contributed by atoms with Gasteiger partial charge in [-0.1, -0.05) is 67.6 Å². The van der Waals surface area contributed by atoms with Crippen LogP contribution in [0.1, 0.15) is 34.0 Å². The van der Waals surface area contributed by atoms with E-state index >= 15 is 0 Å². The molecule has 0 bridgehead atoms. The van der Waals surface area contributed by atoms with Gasteiger partial charge in [-0.05, 0) is 35.2 Å². The van der Waals surface area contributed by atoms with Crippen molar-refractivity contribution in [3.8, 4) is 11.3 Å². The molecule has 0 saturated carbocycles. The highest BCUT2D eigenvalue weighted by atomic mass is 16.2. The van der Waals surface area contributed by atoms with Crippen LogP contribution in [0.4, 0.5) is 0 Å². The summed E-state index contributed by atoms with van der Waals surface area (Å²) in [5, 5.41) is 4.53. The van der Waals surface area contributed by atoms with Gasteiger partial charge in [-0.15, -0.1) is 0 Å². The summed E-state index contributed by atoms with van der Waals surface area (Å²) in [6.45, 7) is 3.06. The van der Waals surface area contributed by atoms with E-state index < -0.39 is 0 Å². The van der Waals surface area contributed by atoms with Crippen LogP contribution >= 0.6 is 0 Å². The first-order chi connectivity index (χ1) is 16.7. The maximum Gasteiger partial charge on any atom is 0.259 e. The first-order valence-corrected chi connectivity index (χ1v) is 11.4. The Kier molecular flexibility index (Phi) is 6.12. The predicted octanol–water partition coefficient (Wildman–Crippen LogP) is 5.20. The van der Waals surface area contributed by atoms with Crippen LogP contribution in [0.2, 0.25) is 0 Å². The molecule has 0 radical (unpaired) electrons. The molecule has 0 unspecified atom stereocenters. The van der Waals surface area contributed by atoms with Crippen LogP contribution in [0.15, 0.2) is 97.6 Å². The molecule has 0 spiro atoms. The quantitative estimate of drug-likeness (QED) is 0.344. The number of benzene rings is 2. The molecule has 1 amide bonds. The normalized spacial score (nSPS) is 11.0. The Morgan fingerprint density at radius 2 is 1.59 bits per heavy atom. The summed E-state index contributed by atoms with van der Waals surface area (Å²) < 4.78 is 1.74. The Morgan fingerprint density at radius 1 is 0.824 bits per heavy atom. The second-order valence-electron chi connectivity index (χ2n) is 8.18. The zero-order valence-corrected chi connectivity index (χ0v) is 19.0. The molecule has 0 aliphatic carbocycles. The summed E-state index contributed by atoms with van der Waals surface area (Å²) in [6, 6.07) is 24.2. The van der Waals surface area contributed by atoms with Crippen molar-refractivity contribution in [2.24, 2.45) is 0 Å². The number of aromatic nitrogens is 4. The summed E-state index contributed by atoms with van der Waals surface area (Å²) in [5.41, 5.74) is 6.24. The lowest BCUT2D eigenvalue weighted by Crippen LogP contribution is -2.30. The van der Waals surface area contributed by atoms with E-state index in [4.69, 9.17) is 0 Å². The second kappa shape index (κ2) is 9.67. The molecule has 0 fully saturated rings. The van der Waals surface area contributed by atoms with E-state index in [1.165, 1.54) is 5.56 Å². The first kappa shape index (κ1) is 21.5. The topological polar surface area (TPSA) is 63.4 Å². The van der Waals surface area contributed by atoms with Crippen molar-refractivity contribution in [3.63, 3.8) is 0 Å². The lowest BCUT2D eigenvalue weighted by atomic mass is 10.1. The summed E-state index contributed by atoms with van der Waals surface area (Å²) >= 11 is 0. The largest absolute Gasteiger partial charge is 0.330 e. The number of rotatable bonds is 7. The third-order valence-corrected chi connectivity index (χ3v) is 5.89. The van der Waals surface area contributed by atoms with Crippen LogP contribution in [0, 0.1) is 0 Å². The average Bonchev–Trinajstić information content (AvgIpc) is 3.34. The predicted molar refractivity (Wildman–Crippen MR) is 132 cm³/mol. The van der Waals surface area contributed by atoms with Gasteiger partial charge in [0.15, 0.2) is 5.65 Å². The number of amides is 1. The Bertz CT molecular complexity index is 1400. The van der Waals surface area contributed by atoms with E-state index in [2.05, 4.69) is 46.3 Å². The highest BCUT2D eigenvalue weighted by Gasteiger charge is 2.22. The molecule has 6 nitrogen and oxygen atoms in total. The number of hydrogen-bond acceptors (Lipinski definition) is 4. The van der Waals surface area contributed by atoms with Crippen LogP contribution in [0.3, 0.4) is 0 Å². The minimum absolute atomic E-state index is 0.115. The second-order valence-corrected chi connectivity index (χ2v) is 8.18. The number of nitrogens with zero attached hydrogens (tertiary/aromatic N) is 5. The maximum atomic E-state index is 13.8. The Labute approximate surface area is 198 Å². The molecule has 2 aromatic carbocycles. The van der Waals surface area contributed by atoms with Gasteiger partial charge in [0.25, 0.3) is 5.91 Å². The van der Waals surface area contributed by atoms with Gasteiger partial charge in [0.05, 0.1) is 11.9 Å². The SMILES string of the molecule is CCc1ccc(CN(Cc2cccnc2)C(=O)c2cnn3c(-c4ccccc4)ccnc23)cc1. The third-order valence-electron chi connectivity index (χ3n) is 5.89. The fourth-order valence-corrected chi connectivity index (χ4v) is 4.05. The van der Waals surface area contributed by atoms with Crippen molar-refractivity contribution in [2.45, 2.75) is 26.4 Å². The summed E-state index contributed by atoms with van der Waals surface area (Å²) in [5.74, 6) is -0.115. The monoisotopic (exact) mass is 447 g/mol. The van der Waals surface area contributed by atoms with Crippen molar-refractivity contribution in [1.29, 1.82) is 0 Å². The zero-order valence-electron chi connectivity index (χ0n) is 19.0. The highest BCUT2D eigenvalue weighted by Crippen LogP contribution is 2.22. The third kappa shape index (κ3) is 4.43. The van der Waals surface area contributed by atoms with Gasteiger partial charge in [-0.2, -0.15) is 5.10 Å². The molecule has 34 heavy (non-hydrogen) atoms.